The summed E-state index contributed by atoms with van der Waals surface area (Å²) in [5, 5.41) is 18.3. The number of rotatable bonds is 6. The van der Waals surface area contributed by atoms with Crippen molar-refractivity contribution >= 4 is 16.0 Å². The molecule has 1 aromatic rings. The maximum atomic E-state index is 12.2. The molecule has 3 N–H and O–H groups in total. The predicted molar refractivity (Wildman–Crippen MR) is 75.9 cm³/mol. The van der Waals surface area contributed by atoms with E-state index in [1.54, 1.807) is 19.9 Å². The Morgan fingerprint density at radius 2 is 1.90 bits per heavy atom. The van der Waals surface area contributed by atoms with Gasteiger partial charge in [-0.3, -0.25) is 0 Å². The second-order valence-corrected chi connectivity index (χ2v) is 6.73. The summed E-state index contributed by atoms with van der Waals surface area (Å²) in [4.78, 5) is 10.8. The number of hydrogen-bond acceptors (Lipinski definition) is 5. The molecule has 1 rings (SSSR count). The van der Waals surface area contributed by atoms with Crippen molar-refractivity contribution in [2.45, 2.75) is 31.3 Å². The first-order valence-corrected chi connectivity index (χ1v) is 7.60. The summed E-state index contributed by atoms with van der Waals surface area (Å²) >= 11 is 0. The lowest BCUT2D eigenvalue weighted by atomic mass is 10.1. The third kappa shape index (κ3) is 3.93. The highest BCUT2D eigenvalue weighted by Gasteiger charge is 2.32. The van der Waals surface area contributed by atoms with Gasteiger partial charge in [0.05, 0.1) is 18.6 Å². The summed E-state index contributed by atoms with van der Waals surface area (Å²) in [7, 11) is -2.45. The van der Waals surface area contributed by atoms with Crippen LogP contribution in [0.25, 0.3) is 0 Å². The molecular weight excluding hydrogens is 298 g/mol. The Morgan fingerprint density at radius 1 is 1.33 bits per heavy atom. The zero-order valence-corrected chi connectivity index (χ0v) is 13.1. The van der Waals surface area contributed by atoms with Crippen LogP contribution in [0.2, 0.25) is 0 Å². The van der Waals surface area contributed by atoms with Gasteiger partial charge in [-0.2, -0.15) is 0 Å². The first-order chi connectivity index (χ1) is 9.51. The van der Waals surface area contributed by atoms with Gasteiger partial charge in [0, 0.05) is 0 Å². The summed E-state index contributed by atoms with van der Waals surface area (Å²) in [5.41, 5.74) is -1.09. The molecule has 0 saturated heterocycles. The van der Waals surface area contributed by atoms with E-state index in [9.17, 15) is 18.3 Å². The molecule has 0 heterocycles. The molecule has 0 aliphatic carbocycles. The molecule has 1 aromatic carbocycles. The zero-order chi connectivity index (χ0) is 16.4. The van der Waals surface area contributed by atoms with Gasteiger partial charge in [-0.1, -0.05) is 0 Å². The molecule has 7 nitrogen and oxygen atoms in total. The molecule has 0 aliphatic rings. The largest absolute Gasteiger partial charge is 0.496 e. The summed E-state index contributed by atoms with van der Waals surface area (Å²) in [6, 6.07) is 3.02. The number of aliphatic hydroxyl groups is 1. The minimum atomic E-state index is -3.93. The van der Waals surface area contributed by atoms with Gasteiger partial charge in [0.1, 0.15) is 5.75 Å². The summed E-state index contributed by atoms with van der Waals surface area (Å²) in [5.74, 6) is -0.947. The zero-order valence-electron chi connectivity index (χ0n) is 12.3. The second-order valence-electron chi connectivity index (χ2n) is 4.99. The Balaban J connectivity index is 3.10. The van der Waals surface area contributed by atoms with Crippen LogP contribution in [0.15, 0.2) is 17.0 Å². The van der Waals surface area contributed by atoms with E-state index >= 15 is 0 Å². The van der Waals surface area contributed by atoms with Crippen LogP contribution in [0, 0.1) is 13.8 Å². The predicted octanol–water partition coefficient (Wildman–Crippen LogP) is 0.426. The highest BCUT2D eigenvalue weighted by atomic mass is 32.2. The summed E-state index contributed by atoms with van der Waals surface area (Å²) in [6.45, 7) is 3.69. The molecule has 0 aliphatic heterocycles. The van der Waals surface area contributed by atoms with Crippen LogP contribution in [0.3, 0.4) is 0 Å². The number of methoxy groups -OCH3 is 1. The number of aliphatic carboxylic acids is 1. The minimum Gasteiger partial charge on any atom is -0.496 e. The number of sulfonamides is 1. The van der Waals surface area contributed by atoms with Crippen molar-refractivity contribution in [1.29, 1.82) is 0 Å². The standard InChI is InChI=1S/C13H19NO6S/c1-8-6-11(9(2)5-10(8)20-4)21(18,19)14-7-13(3,17)12(15)16/h5-6,14,17H,7H2,1-4H3,(H,15,16). The monoisotopic (exact) mass is 317 g/mol. The van der Waals surface area contributed by atoms with Crippen LogP contribution in [0.1, 0.15) is 18.1 Å². The van der Waals surface area contributed by atoms with Crippen molar-refractivity contribution in [3.63, 3.8) is 0 Å². The fraction of sp³-hybridized carbons (Fsp3) is 0.462. The lowest BCUT2D eigenvalue weighted by Crippen LogP contribution is -2.46. The Kier molecular flexibility index (Phi) is 4.98. The number of aryl methyl sites for hydroxylation is 2. The smallest absolute Gasteiger partial charge is 0.336 e. The van der Waals surface area contributed by atoms with E-state index in [0.29, 0.717) is 16.9 Å². The fourth-order valence-corrected chi connectivity index (χ4v) is 3.10. The lowest BCUT2D eigenvalue weighted by Gasteiger charge is -2.19. The van der Waals surface area contributed by atoms with Gasteiger partial charge >= 0.3 is 5.97 Å². The SMILES string of the molecule is COc1cc(C)c(S(=O)(=O)NCC(C)(O)C(=O)O)cc1C. The van der Waals surface area contributed by atoms with Crippen molar-refractivity contribution in [3.05, 3.63) is 23.3 Å². The van der Waals surface area contributed by atoms with Crippen LogP contribution in [0.5, 0.6) is 5.75 Å². The van der Waals surface area contributed by atoms with E-state index in [-0.39, 0.29) is 4.90 Å². The molecule has 0 radical (unpaired) electrons. The van der Waals surface area contributed by atoms with E-state index in [1.165, 1.54) is 13.2 Å². The first-order valence-electron chi connectivity index (χ1n) is 6.12. The van der Waals surface area contributed by atoms with Gasteiger partial charge in [0.25, 0.3) is 0 Å². The molecule has 1 atom stereocenters. The number of nitrogens with one attached hydrogen (secondary N) is 1. The number of benzene rings is 1. The van der Waals surface area contributed by atoms with Gasteiger partial charge in [0.15, 0.2) is 5.60 Å². The van der Waals surface area contributed by atoms with Gasteiger partial charge in [-0.15, -0.1) is 0 Å². The highest BCUT2D eigenvalue weighted by molar-refractivity contribution is 7.89. The molecule has 0 amide bonds. The maximum Gasteiger partial charge on any atom is 0.336 e. The average Bonchev–Trinajstić information content (AvgIpc) is 2.38. The van der Waals surface area contributed by atoms with Gasteiger partial charge in [-0.05, 0) is 44.0 Å². The van der Waals surface area contributed by atoms with Crippen molar-refractivity contribution in [1.82, 2.24) is 4.72 Å². The van der Waals surface area contributed by atoms with E-state index in [4.69, 9.17) is 9.84 Å². The molecule has 118 valence electrons. The molecular formula is C13H19NO6S. The van der Waals surface area contributed by atoms with E-state index < -0.39 is 28.1 Å². The van der Waals surface area contributed by atoms with Crippen molar-refractivity contribution in [2.24, 2.45) is 0 Å². The Morgan fingerprint density at radius 3 is 2.38 bits per heavy atom. The molecule has 8 heteroatoms. The number of carboxylic acids is 1. The van der Waals surface area contributed by atoms with Gasteiger partial charge in [-0.25, -0.2) is 17.9 Å². The topological polar surface area (TPSA) is 113 Å². The van der Waals surface area contributed by atoms with Gasteiger partial charge < -0.3 is 14.9 Å². The van der Waals surface area contributed by atoms with Crippen LogP contribution >= 0.6 is 0 Å². The van der Waals surface area contributed by atoms with Crippen molar-refractivity contribution < 1.29 is 28.2 Å². The fourth-order valence-electron chi connectivity index (χ4n) is 1.66. The Bertz CT molecular complexity index is 651. The van der Waals surface area contributed by atoms with Crippen LogP contribution in [-0.2, 0) is 14.8 Å². The molecule has 0 spiro atoms. The number of carboxylic acid groups (broad SMARTS) is 1. The molecule has 0 fully saturated rings. The molecule has 0 bridgehead atoms. The third-order valence-electron chi connectivity index (χ3n) is 3.05. The number of hydrogen-bond donors (Lipinski definition) is 3. The third-order valence-corrected chi connectivity index (χ3v) is 4.59. The first kappa shape index (κ1) is 17.4. The van der Waals surface area contributed by atoms with E-state index in [0.717, 1.165) is 6.92 Å². The van der Waals surface area contributed by atoms with E-state index in [2.05, 4.69) is 4.72 Å². The summed E-state index contributed by atoms with van der Waals surface area (Å²) in [6.07, 6.45) is 0. The van der Waals surface area contributed by atoms with Crippen LogP contribution in [0.4, 0.5) is 0 Å². The quantitative estimate of drug-likeness (QED) is 0.701. The van der Waals surface area contributed by atoms with E-state index in [1.807, 2.05) is 0 Å². The van der Waals surface area contributed by atoms with Gasteiger partial charge in [0.2, 0.25) is 10.0 Å². The Hall–Kier alpha value is -1.64. The van der Waals surface area contributed by atoms with Crippen molar-refractivity contribution in [3.8, 4) is 5.75 Å². The molecule has 21 heavy (non-hydrogen) atoms. The number of carbonyl (C=O) groups is 1. The van der Waals surface area contributed by atoms with Crippen molar-refractivity contribution in [2.75, 3.05) is 13.7 Å². The number of ether oxygens (including phenoxy) is 1. The highest BCUT2D eigenvalue weighted by Crippen LogP contribution is 2.25. The maximum absolute atomic E-state index is 12.2. The Labute approximate surface area is 123 Å². The average molecular weight is 317 g/mol. The molecule has 0 aromatic heterocycles. The van der Waals surface area contributed by atoms with Crippen LogP contribution < -0.4 is 9.46 Å². The summed E-state index contributed by atoms with van der Waals surface area (Å²) < 4.78 is 31.6. The second kappa shape index (κ2) is 6.00. The molecule has 0 saturated carbocycles. The minimum absolute atomic E-state index is 0.0157. The van der Waals surface area contributed by atoms with Crippen LogP contribution in [-0.4, -0.2) is 43.9 Å². The lowest BCUT2D eigenvalue weighted by molar-refractivity contribution is -0.155. The normalized spacial score (nSPS) is 14.5. The molecule has 1 unspecified atom stereocenters.